The van der Waals surface area contributed by atoms with Crippen molar-refractivity contribution in [1.82, 2.24) is 5.32 Å². The van der Waals surface area contributed by atoms with Crippen molar-refractivity contribution in [3.8, 4) is 0 Å². The number of hydrogen-bond acceptors (Lipinski definition) is 3. The average molecular weight is 257 g/mol. The second kappa shape index (κ2) is 5.26. The molecule has 1 aliphatic carbocycles. The van der Waals surface area contributed by atoms with E-state index in [2.05, 4.69) is 19.2 Å². The summed E-state index contributed by atoms with van der Waals surface area (Å²) in [4.78, 5) is 22.9. The number of amides is 1. The highest BCUT2D eigenvalue weighted by atomic mass is 16.5. The molecule has 3 unspecified atom stereocenters. The Balaban J connectivity index is 2.62. The van der Waals surface area contributed by atoms with E-state index in [-0.39, 0.29) is 30.3 Å². The van der Waals surface area contributed by atoms with Crippen molar-refractivity contribution in [2.75, 3.05) is 13.7 Å². The van der Waals surface area contributed by atoms with Crippen LogP contribution in [0.2, 0.25) is 0 Å². The molecule has 1 saturated carbocycles. The largest absolute Gasteiger partial charge is 0.481 e. The number of carboxylic acids is 1. The molecule has 0 radical (unpaired) electrons. The maximum absolute atomic E-state index is 12.1. The highest BCUT2D eigenvalue weighted by molar-refractivity contribution is 5.83. The summed E-state index contributed by atoms with van der Waals surface area (Å²) < 4.78 is 5.01. The molecular weight excluding hydrogens is 234 g/mol. The van der Waals surface area contributed by atoms with Crippen LogP contribution in [0, 0.1) is 11.3 Å². The van der Waals surface area contributed by atoms with Gasteiger partial charge in [-0.25, -0.2) is 0 Å². The number of rotatable bonds is 7. The van der Waals surface area contributed by atoms with Crippen LogP contribution >= 0.6 is 0 Å². The molecule has 5 nitrogen and oxygen atoms in total. The topological polar surface area (TPSA) is 75.6 Å². The van der Waals surface area contributed by atoms with Crippen LogP contribution in [0.1, 0.15) is 40.0 Å². The zero-order valence-electron chi connectivity index (χ0n) is 11.6. The Kier molecular flexibility index (Phi) is 4.37. The summed E-state index contributed by atoms with van der Waals surface area (Å²) in [6, 6.07) is 0. The fraction of sp³-hybridized carbons (Fsp3) is 0.846. The monoisotopic (exact) mass is 257 g/mol. The lowest BCUT2D eigenvalue weighted by atomic mass is 9.97. The van der Waals surface area contributed by atoms with Crippen molar-refractivity contribution in [1.29, 1.82) is 0 Å². The van der Waals surface area contributed by atoms with Crippen molar-refractivity contribution < 1.29 is 19.4 Å². The molecule has 0 aromatic carbocycles. The van der Waals surface area contributed by atoms with Gasteiger partial charge in [-0.1, -0.05) is 13.8 Å². The number of carboxylic acid groups (broad SMARTS) is 1. The van der Waals surface area contributed by atoms with Crippen molar-refractivity contribution in [2.45, 2.75) is 45.6 Å². The summed E-state index contributed by atoms with van der Waals surface area (Å²) in [5.74, 6) is -0.989. The molecule has 18 heavy (non-hydrogen) atoms. The first kappa shape index (κ1) is 15.0. The summed E-state index contributed by atoms with van der Waals surface area (Å²) in [5.41, 5.74) is -0.754. The number of aliphatic carboxylic acids is 1. The van der Waals surface area contributed by atoms with Crippen LogP contribution in [0.3, 0.4) is 0 Å². The van der Waals surface area contributed by atoms with Crippen LogP contribution in [0.4, 0.5) is 0 Å². The molecular formula is C13H23NO4. The number of methoxy groups -OCH3 is 1. The maximum Gasteiger partial charge on any atom is 0.305 e. The Morgan fingerprint density at radius 1 is 1.56 bits per heavy atom. The zero-order valence-corrected chi connectivity index (χ0v) is 11.6. The van der Waals surface area contributed by atoms with Crippen molar-refractivity contribution >= 4 is 11.9 Å². The van der Waals surface area contributed by atoms with Gasteiger partial charge < -0.3 is 15.2 Å². The molecule has 3 atom stereocenters. The molecule has 1 rings (SSSR count). The number of carbonyl (C=O) groups excluding carboxylic acids is 1. The highest BCUT2D eigenvalue weighted by Gasteiger charge is 2.53. The summed E-state index contributed by atoms with van der Waals surface area (Å²) in [6.07, 6.45) is 1.71. The number of ether oxygens (including phenoxy) is 1. The quantitative estimate of drug-likeness (QED) is 0.723. The van der Waals surface area contributed by atoms with Crippen LogP contribution < -0.4 is 5.32 Å². The molecule has 0 bridgehead atoms. The third-order valence-corrected chi connectivity index (χ3v) is 3.91. The molecule has 5 heteroatoms. The normalized spacial score (nSPS) is 29.4. The third kappa shape index (κ3) is 3.45. The van der Waals surface area contributed by atoms with E-state index in [1.807, 2.05) is 0 Å². The Labute approximate surface area is 108 Å². The minimum atomic E-state index is -0.941. The smallest absolute Gasteiger partial charge is 0.305 e. The molecule has 1 aliphatic rings. The summed E-state index contributed by atoms with van der Waals surface area (Å²) >= 11 is 0. The summed E-state index contributed by atoms with van der Waals surface area (Å²) in [5, 5.41) is 11.7. The minimum Gasteiger partial charge on any atom is -0.481 e. The Morgan fingerprint density at radius 3 is 2.56 bits per heavy atom. The third-order valence-electron chi connectivity index (χ3n) is 3.91. The molecule has 0 spiro atoms. The van der Waals surface area contributed by atoms with Crippen LogP contribution in [-0.2, 0) is 14.3 Å². The van der Waals surface area contributed by atoms with Crippen LogP contribution in [0.25, 0.3) is 0 Å². The molecule has 1 fully saturated rings. The van der Waals surface area contributed by atoms with Gasteiger partial charge in [0.2, 0.25) is 5.91 Å². The SMILES string of the molecule is CCC1(C)CC1C(=O)NC(C)(COC)CC(=O)O. The lowest BCUT2D eigenvalue weighted by molar-refractivity contribution is -0.139. The Bertz CT molecular complexity index is 344. The highest BCUT2D eigenvalue weighted by Crippen LogP contribution is 2.54. The summed E-state index contributed by atoms with van der Waals surface area (Å²) in [7, 11) is 1.50. The van der Waals surface area contributed by atoms with E-state index in [0.717, 1.165) is 12.8 Å². The van der Waals surface area contributed by atoms with Gasteiger partial charge in [0.25, 0.3) is 0 Å². The minimum absolute atomic E-state index is 0.00692. The van der Waals surface area contributed by atoms with Gasteiger partial charge >= 0.3 is 5.97 Å². The first-order chi connectivity index (χ1) is 8.26. The fourth-order valence-corrected chi connectivity index (χ4v) is 2.38. The molecule has 0 saturated heterocycles. The molecule has 0 aromatic rings. The van der Waals surface area contributed by atoms with Gasteiger partial charge in [0.05, 0.1) is 18.6 Å². The lowest BCUT2D eigenvalue weighted by Crippen LogP contribution is -2.51. The average Bonchev–Trinajstić information content (AvgIpc) is 2.90. The van der Waals surface area contributed by atoms with E-state index in [9.17, 15) is 9.59 Å². The number of nitrogens with one attached hydrogen (secondary N) is 1. The van der Waals surface area contributed by atoms with Crippen molar-refractivity contribution in [2.24, 2.45) is 11.3 Å². The van der Waals surface area contributed by atoms with Gasteiger partial charge in [0.15, 0.2) is 0 Å². The van der Waals surface area contributed by atoms with E-state index in [1.54, 1.807) is 6.92 Å². The van der Waals surface area contributed by atoms with Crippen LogP contribution in [0.5, 0.6) is 0 Å². The van der Waals surface area contributed by atoms with E-state index in [1.165, 1.54) is 7.11 Å². The number of hydrogen-bond donors (Lipinski definition) is 2. The maximum atomic E-state index is 12.1. The predicted molar refractivity (Wildman–Crippen MR) is 67.2 cm³/mol. The van der Waals surface area contributed by atoms with E-state index < -0.39 is 11.5 Å². The number of carbonyl (C=O) groups is 2. The van der Waals surface area contributed by atoms with E-state index in [4.69, 9.17) is 9.84 Å². The first-order valence-corrected chi connectivity index (χ1v) is 6.29. The van der Waals surface area contributed by atoms with Gasteiger partial charge in [0.1, 0.15) is 0 Å². The van der Waals surface area contributed by atoms with Crippen molar-refractivity contribution in [3.05, 3.63) is 0 Å². The molecule has 0 heterocycles. The Hall–Kier alpha value is -1.10. The molecule has 0 aromatic heterocycles. The van der Waals surface area contributed by atoms with Gasteiger partial charge in [-0.05, 0) is 25.2 Å². The van der Waals surface area contributed by atoms with E-state index >= 15 is 0 Å². The predicted octanol–water partition coefficient (Wildman–Crippen LogP) is 1.42. The van der Waals surface area contributed by atoms with Gasteiger partial charge in [-0.2, -0.15) is 0 Å². The second-order valence-electron chi connectivity index (χ2n) is 5.82. The summed E-state index contributed by atoms with van der Waals surface area (Å²) in [6.45, 7) is 6.05. The first-order valence-electron chi connectivity index (χ1n) is 6.29. The van der Waals surface area contributed by atoms with E-state index in [0.29, 0.717) is 0 Å². The fourth-order valence-electron chi connectivity index (χ4n) is 2.38. The second-order valence-corrected chi connectivity index (χ2v) is 5.82. The van der Waals surface area contributed by atoms with Gasteiger partial charge in [-0.3, -0.25) is 9.59 Å². The Morgan fingerprint density at radius 2 is 2.17 bits per heavy atom. The molecule has 0 aliphatic heterocycles. The molecule has 1 amide bonds. The zero-order chi connectivity index (χ0) is 14.0. The van der Waals surface area contributed by atoms with Gasteiger partial charge in [0, 0.05) is 13.0 Å². The lowest BCUT2D eigenvalue weighted by Gasteiger charge is -2.29. The van der Waals surface area contributed by atoms with Gasteiger partial charge in [-0.15, -0.1) is 0 Å². The standard InChI is InChI=1S/C13H23NO4/c1-5-12(2)6-9(12)11(17)14-13(3,8-18-4)7-10(15)16/h9H,5-8H2,1-4H3,(H,14,17)(H,15,16). The van der Waals surface area contributed by atoms with Crippen LogP contribution in [-0.4, -0.2) is 36.2 Å². The van der Waals surface area contributed by atoms with Crippen molar-refractivity contribution in [3.63, 3.8) is 0 Å². The molecule has 104 valence electrons. The molecule has 2 N–H and O–H groups in total. The van der Waals surface area contributed by atoms with Crippen LogP contribution in [0.15, 0.2) is 0 Å².